The Labute approximate surface area is 124 Å². The van der Waals surface area contributed by atoms with Gasteiger partial charge in [-0.25, -0.2) is 21.6 Å². The molecule has 0 saturated heterocycles. The minimum atomic E-state index is -3.81. The van der Waals surface area contributed by atoms with Crippen LogP contribution in [0.25, 0.3) is 0 Å². The average molecular weight is 333 g/mol. The molecule has 0 heterocycles. The van der Waals surface area contributed by atoms with E-state index in [0.717, 1.165) is 31.6 Å². The van der Waals surface area contributed by atoms with Gasteiger partial charge in [0.2, 0.25) is 10.0 Å². The number of nitrogens with one attached hydrogen (secondary N) is 2. The molecular formula is C12H19N3O4S2. The summed E-state index contributed by atoms with van der Waals surface area (Å²) in [7, 11) is -7.31. The second-order valence-corrected chi connectivity index (χ2v) is 8.97. The normalized spacial score (nSPS) is 16.5. The van der Waals surface area contributed by atoms with Gasteiger partial charge in [-0.05, 0) is 37.0 Å². The first-order valence-corrected chi connectivity index (χ1v) is 9.92. The maximum Gasteiger partial charge on any atom is 0.242 e. The lowest BCUT2D eigenvalue weighted by Gasteiger charge is -2.25. The van der Waals surface area contributed by atoms with E-state index in [1.165, 1.54) is 12.1 Å². The molecule has 0 aliphatic heterocycles. The van der Waals surface area contributed by atoms with Gasteiger partial charge in [-0.15, -0.1) is 0 Å². The summed E-state index contributed by atoms with van der Waals surface area (Å²) in [5.74, 6) is 5.66. The summed E-state index contributed by atoms with van der Waals surface area (Å²) in [6.07, 6.45) is 4.16. The first-order valence-electron chi connectivity index (χ1n) is 6.54. The standard InChI is InChI=1S/C12H19N3O4S2/c1-20(16,17)10-5-6-11(15-13)12(7-10)21(18,19)14-8-9-3-2-4-9/h5-7,9,14-15H,2-4,8,13H2,1H3. The van der Waals surface area contributed by atoms with Gasteiger partial charge in [-0.2, -0.15) is 0 Å². The van der Waals surface area contributed by atoms with Crippen molar-refractivity contribution in [2.75, 3.05) is 18.2 Å². The van der Waals surface area contributed by atoms with Crippen LogP contribution in [0.5, 0.6) is 0 Å². The highest BCUT2D eigenvalue weighted by Gasteiger charge is 2.24. The Hall–Kier alpha value is -1.16. The van der Waals surface area contributed by atoms with Crippen LogP contribution in [0.3, 0.4) is 0 Å². The van der Waals surface area contributed by atoms with E-state index in [0.29, 0.717) is 12.5 Å². The molecule has 0 unspecified atom stereocenters. The fourth-order valence-corrected chi connectivity index (χ4v) is 4.11. The lowest BCUT2D eigenvalue weighted by atomic mass is 9.86. The molecule has 1 aromatic rings. The predicted molar refractivity (Wildman–Crippen MR) is 79.9 cm³/mol. The van der Waals surface area contributed by atoms with Crippen LogP contribution in [-0.2, 0) is 19.9 Å². The molecule has 2 rings (SSSR count). The topological polar surface area (TPSA) is 118 Å². The Kier molecular flexibility index (Phi) is 4.57. The maximum absolute atomic E-state index is 12.3. The molecule has 4 N–H and O–H groups in total. The fraction of sp³-hybridized carbons (Fsp3) is 0.500. The van der Waals surface area contributed by atoms with Gasteiger partial charge in [0.15, 0.2) is 9.84 Å². The van der Waals surface area contributed by atoms with Crippen molar-refractivity contribution in [3.63, 3.8) is 0 Å². The van der Waals surface area contributed by atoms with Crippen molar-refractivity contribution >= 4 is 25.5 Å². The lowest BCUT2D eigenvalue weighted by molar-refractivity contribution is 0.316. The molecule has 1 fully saturated rings. The van der Waals surface area contributed by atoms with Crippen molar-refractivity contribution in [3.8, 4) is 0 Å². The maximum atomic E-state index is 12.3. The zero-order chi connectivity index (χ0) is 15.7. The Morgan fingerprint density at radius 3 is 2.38 bits per heavy atom. The zero-order valence-corrected chi connectivity index (χ0v) is 13.3. The minimum absolute atomic E-state index is 0.0643. The molecule has 1 aliphatic carbocycles. The van der Waals surface area contributed by atoms with Crippen LogP contribution in [0.15, 0.2) is 28.0 Å². The number of sulfone groups is 1. The van der Waals surface area contributed by atoms with Crippen LogP contribution >= 0.6 is 0 Å². The van der Waals surface area contributed by atoms with Crippen LogP contribution in [-0.4, -0.2) is 29.6 Å². The molecule has 7 nitrogen and oxygen atoms in total. The third-order valence-electron chi connectivity index (χ3n) is 3.61. The van der Waals surface area contributed by atoms with Crippen molar-refractivity contribution in [2.45, 2.75) is 29.1 Å². The third-order valence-corrected chi connectivity index (χ3v) is 6.19. The summed E-state index contributed by atoms with van der Waals surface area (Å²) in [6.45, 7) is 0.357. The van der Waals surface area contributed by atoms with E-state index >= 15 is 0 Å². The van der Waals surface area contributed by atoms with Crippen molar-refractivity contribution in [2.24, 2.45) is 11.8 Å². The number of hydrazine groups is 1. The highest BCUT2D eigenvalue weighted by molar-refractivity contribution is 7.91. The largest absolute Gasteiger partial charge is 0.323 e. The molecule has 1 aliphatic rings. The number of nitrogens with two attached hydrogens (primary N) is 1. The monoisotopic (exact) mass is 333 g/mol. The SMILES string of the molecule is CS(=O)(=O)c1ccc(NN)c(S(=O)(=O)NCC2CCC2)c1. The van der Waals surface area contributed by atoms with Crippen LogP contribution in [0.1, 0.15) is 19.3 Å². The molecule has 9 heteroatoms. The summed E-state index contributed by atoms with van der Waals surface area (Å²) >= 11 is 0. The summed E-state index contributed by atoms with van der Waals surface area (Å²) in [4.78, 5) is -0.224. The second kappa shape index (κ2) is 5.91. The van der Waals surface area contributed by atoms with Crippen LogP contribution in [0.2, 0.25) is 0 Å². The highest BCUT2D eigenvalue weighted by Crippen LogP contribution is 2.27. The van der Waals surface area contributed by atoms with Gasteiger partial charge in [-0.1, -0.05) is 6.42 Å². The first-order chi connectivity index (χ1) is 9.74. The van der Waals surface area contributed by atoms with Gasteiger partial charge >= 0.3 is 0 Å². The Morgan fingerprint density at radius 2 is 1.90 bits per heavy atom. The van der Waals surface area contributed by atoms with Gasteiger partial charge < -0.3 is 5.43 Å². The number of rotatable bonds is 6. The average Bonchev–Trinajstić information content (AvgIpc) is 2.34. The number of anilines is 1. The van der Waals surface area contributed by atoms with Crippen LogP contribution < -0.4 is 16.0 Å². The summed E-state index contributed by atoms with van der Waals surface area (Å²) in [6, 6.07) is 3.78. The highest BCUT2D eigenvalue weighted by atomic mass is 32.2. The summed E-state index contributed by atoms with van der Waals surface area (Å²) in [5, 5.41) is 0. The quantitative estimate of drug-likeness (QED) is 0.514. The molecule has 0 atom stereocenters. The van der Waals surface area contributed by atoms with Gasteiger partial charge in [0.05, 0.1) is 10.6 Å². The molecule has 118 valence electrons. The van der Waals surface area contributed by atoms with Crippen molar-refractivity contribution in [1.29, 1.82) is 0 Å². The third kappa shape index (κ3) is 3.73. The lowest BCUT2D eigenvalue weighted by Crippen LogP contribution is -2.33. The zero-order valence-electron chi connectivity index (χ0n) is 11.7. The van der Waals surface area contributed by atoms with Gasteiger partial charge in [0.25, 0.3) is 0 Å². The molecule has 0 radical (unpaired) electrons. The first kappa shape index (κ1) is 16.2. The Morgan fingerprint density at radius 1 is 1.24 bits per heavy atom. The molecule has 1 aromatic carbocycles. The van der Waals surface area contributed by atoms with E-state index in [-0.39, 0.29) is 15.5 Å². The minimum Gasteiger partial charge on any atom is -0.323 e. The van der Waals surface area contributed by atoms with E-state index in [1.807, 2.05) is 0 Å². The molecule has 1 saturated carbocycles. The number of hydrogen-bond acceptors (Lipinski definition) is 6. The van der Waals surface area contributed by atoms with E-state index < -0.39 is 19.9 Å². The van der Waals surface area contributed by atoms with Crippen molar-refractivity contribution in [1.82, 2.24) is 4.72 Å². The molecule has 0 amide bonds. The molecule has 0 aromatic heterocycles. The Bertz CT molecular complexity index is 725. The van der Waals surface area contributed by atoms with Crippen LogP contribution in [0, 0.1) is 5.92 Å². The van der Waals surface area contributed by atoms with E-state index in [4.69, 9.17) is 5.84 Å². The number of hydrogen-bond donors (Lipinski definition) is 3. The van der Waals surface area contributed by atoms with E-state index in [2.05, 4.69) is 10.1 Å². The van der Waals surface area contributed by atoms with E-state index in [9.17, 15) is 16.8 Å². The predicted octanol–water partition coefficient (Wildman–Crippen LogP) is 0.454. The molecule has 0 spiro atoms. The van der Waals surface area contributed by atoms with Gasteiger partial charge in [-0.3, -0.25) is 5.84 Å². The molecular weight excluding hydrogens is 314 g/mol. The summed E-state index contributed by atoms with van der Waals surface area (Å²) < 4.78 is 50.3. The van der Waals surface area contributed by atoms with Crippen LogP contribution in [0.4, 0.5) is 5.69 Å². The van der Waals surface area contributed by atoms with Gasteiger partial charge in [0.1, 0.15) is 4.90 Å². The van der Waals surface area contributed by atoms with Crippen molar-refractivity contribution in [3.05, 3.63) is 18.2 Å². The van der Waals surface area contributed by atoms with Crippen molar-refractivity contribution < 1.29 is 16.8 Å². The fourth-order valence-electron chi connectivity index (χ4n) is 2.08. The van der Waals surface area contributed by atoms with E-state index in [1.54, 1.807) is 0 Å². The smallest absolute Gasteiger partial charge is 0.242 e. The Balaban J connectivity index is 2.34. The number of nitrogen functional groups attached to an aromatic ring is 1. The van der Waals surface area contributed by atoms with Gasteiger partial charge in [0, 0.05) is 12.8 Å². The molecule has 0 bridgehead atoms. The number of sulfonamides is 1. The summed E-state index contributed by atoms with van der Waals surface area (Å²) in [5.41, 5.74) is 2.44. The number of benzene rings is 1. The molecule has 21 heavy (non-hydrogen) atoms. The second-order valence-electron chi connectivity index (χ2n) is 5.22.